The number of ether oxygens (including phenoxy) is 2. The first kappa shape index (κ1) is 21.1. The minimum atomic E-state index is -3.57. The van der Waals surface area contributed by atoms with Crippen molar-refractivity contribution in [3.8, 4) is 22.1 Å². The standard InChI is InChI=1S/C20H20N4O5S2/c1-3-31(26,27)24-12-17(29-16-7-5-4-6-15(16)24)18(25)21-20-23-22-19(30-20)13-8-10-14(28-2)11-9-13/h4-11,17H,3,12H2,1-2H3,(H,21,23,25)/t17-/m0/s1. The third kappa shape index (κ3) is 4.32. The zero-order valence-corrected chi connectivity index (χ0v) is 18.4. The number of anilines is 2. The largest absolute Gasteiger partial charge is 0.497 e. The highest BCUT2D eigenvalue weighted by Crippen LogP contribution is 2.35. The molecule has 1 aliphatic heterocycles. The second-order valence-electron chi connectivity index (χ2n) is 6.64. The van der Waals surface area contributed by atoms with Crippen molar-refractivity contribution in [1.29, 1.82) is 0 Å². The van der Waals surface area contributed by atoms with E-state index in [1.165, 1.54) is 15.6 Å². The Morgan fingerprint density at radius 1 is 1.23 bits per heavy atom. The van der Waals surface area contributed by atoms with Gasteiger partial charge in [0.2, 0.25) is 15.2 Å². The molecule has 0 aliphatic carbocycles. The Bertz CT molecular complexity index is 1190. The lowest BCUT2D eigenvalue weighted by molar-refractivity contribution is -0.122. The van der Waals surface area contributed by atoms with Gasteiger partial charge in [-0.25, -0.2) is 8.42 Å². The molecule has 1 amide bonds. The molecule has 11 heteroatoms. The van der Waals surface area contributed by atoms with Crippen LogP contribution < -0.4 is 19.1 Å². The van der Waals surface area contributed by atoms with Gasteiger partial charge in [-0.15, -0.1) is 10.2 Å². The Labute approximate surface area is 183 Å². The summed E-state index contributed by atoms with van der Waals surface area (Å²) in [4.78, 5) is 12.8. The number of fused-ring (bicyclic) bond motifs is 1. The summed E-state index contributed by atoms with van der Waals surface area (Å²) in [5.41, 5.74) is 1.26. The molecule has 9 nitrogen and oxygen atoms in total. The van der Waals surface area contributed by atoms with Crippen LogP contribution >= 0.6 is 11.3 Å². The predicted molar refractivity (Wildman–Crippen MR) is 118 cm³/mol. The van der Waals surface area contributed by atoms with Gasteiger partial charge < -0.3 is 9.47 Å². The summed E-state index contributed by atoms with van der Waals surface area (Å²) >= 11 is 1.21. The molecule has 162 valence electrons. The third-order valence-electron chi connectivity index (χ3n) is 4.72. The van der Waals surface area contributed by atoms with E-state index in [1.54, 1.807) is 38.3 Å². The Kier molecular flexibility index (Phi) is 5.79. The minimum absolute atomic E-state index is 0.0860. The molecule has 2 heterocycles. The van der Waals surface area contributed by atoms with E-state index in [1.807, 2.05) is 24.3 Å². The van der Waals surface area contributed by atoms with Gasteiger partial charge in [0.15, 0.2) is 6.10 Å². The van der Waals surface area contributed by atoms with Crippen LogP contribution in [0, 0.1) is 0 Å². The smallest absolute Gasteiger partial charge is 0.269 e. The summed E-state index contributed by atoms with van der Waals surface area (Å²) in [5.74, 6) is 0.477. The molecule has 0 unspecified atom stereocenters. The Morgan fingerprint density at radius 2 is 1.97 bits per heavy atom. The van der Waals surface area contributed by atoms with E-state index in [4.69, 9.17) is 9.47 Å². The maximum atomic E-state index is 12.8. The number of nitrogens with zero attached hydrogens (tertiary/aromatic N) is 3. The van der Waals surface area contributed by atoms with Crippen molar-refractivity contribution in [2.45, 2.75) is 13.0 Å². The Morgan fingerprint density at radius 3 is 2.68 bits per heavy atom. The van der Waals surface area contributed by atoms with Crippen LogP contribution in [0.15, 0.2) is 48.5 Å². The van der Waals surface area contributed by atoms with Gasteiger partial charge in [0.25, 0.3) is 5.91 Å². The zero-order chi connectivity index (χ0) is 22.0. The number of hydrogen-bond donors (Lipinski definition) is 1. The molecule has 0 saturated carbocycles. The highest BCUT2D eigenvalue weighted by molar-refractivity contribution is 7.92. The first-order valence-electron chi connectivity index (χ1n) is 9.46. The van der Waals surface area contributed by atoms with E-state index >= 15 is 0 Å². The Hall–Kier alpha value is -3.18. The number of sulfonamides is 1. The average Bonchev–Trinajstić information content (AvgIpc) is 3.26. The number of aromatic nitrogens is 2. The molecule has 4 rings (SSSR count). The van der Waals surface area contributed by atoms with Crippen molar-refractivity contribution in [3.05, 3.63) is 48.5 Å². The monoisotopic (exact) mass is 460 g/mol. The molecule has 3 aromatic rings. The van der Waals surface area contributed by atoms with Crippen molar-refractivity contribution in [2.24, 2.45) is 0 Å². The minimum Gasteiger partial charge on any atom is -0.497 e. The highest BCUT2D eigenvalue weighted by atomic mass is 32.2. The van der Waals surface area contributed by atoms with Crippen LogP contribution in [0.1, 0.15) is 6.92 Å². The molecule has 0 radical (unpaired) electrons. The van der Waals surface area contributed by atoms with Crippen LogP contribution in [0.4, 0.5) is 10.8 Å². The van der Waals surface area contributed by atoms with Gasteiger partial charge in [-0.2, -0.15) is 0 Å². The van der Waals surface area contributed by atoms with Gasteiger partial charge >= 0.3 is 0 Å². The fourth-order valence-electron chi connectivity index (χ4n) is 3.07. The molecule has 1 aromatic heterocycles. The van der Waals surface area contributed by atoms with Crippen molar-refractivity contribution in [2.75, 3.05) is 29.0 Å². The molecule has 2 aromatic carbocycles. The number of methoxy groups -OCH3 is 1. The Balaban J connectivity index is 1.52. The van der Waals surface area contributed by atoms with Crippen molar-refractivity contribution < 1.29 is 22.7 Å². The highest BCUT2D eigenvalue weighted by Gasteiger charge is 2.36. The van der Waals surface area contributed by atoms with E-state index in [-0.39, 0.29) is 12.3 Å². The molecule has 0 spiro atoms. The van der Waals surface area contributed by atoms with Gasteiger partial charge in [0.05, 0.1) is 25.1 Å². The van der Waals surface area contributed by atoms with Gasteiger partial charge in [-0.1, -0.05) is 23.5 Å². The number of benzene rings is 2. The van der Waals surface area contributed by atoms with E-state index < -0.39 is 22.0 Å². The predicted octanol–water partition coefficient (Wildman–Crippen LogP) is 2.77. The van der Waals surface area contributed by atoms with E-state index in [9.17, 15) is 13.2 Å². The summed E-state index contributed by atoms with van der Waals surface area (Å²) < 4.78 is 37.3. The number of carbonyl (C=O) groups excluding carboxylic acids is 1. The molecule has 0 bridgehead atoms. The lowest BCUT2D eigenvalue weighted by atomic mass is 10.2. The summed E-state index contributed by atoms with van der Waals surface area (Å²) in [5, 5.41) is 11.7. The first-order chi connectivity index (χ1) is 14.9. The maximum absolute atomic E-state index is 12.8. The van der Waals surface area contributed by atoms with Crippen molar-refractivity contribution in [1.82, 2.24) is 10.2 Å². The van der Waals surface area contributed by atoms with Gasteiger partial charge in [-0.3, -0.25) is 14.4 Å². The first-order valence-corrected chi connectivity index (χ1v) is 11.9. The number of hydrogen-bond acceptors (Lipinski definition) is 8. The lowest BCUT2D eigenvalue weighted by Gasteiger charge is -2.34. The molecule has 0 fully saturated rings. The van der Waals surface area contributed by atoms with Crippen molar-refractivity contribution in [3.63, 3.8) is 0 Å². The second-order valence-corrected chi connectivity index (χ2v) is 9.80. The van der Waals surface area contributed by atoms with Crippen LogP contribution in [0.25, 0.3) is 10.6 Å². The molecule has 1 atom stereocenters. The van der Waals surface area contributed by atoms with Gasteiger partial charge in [0, 0.05) is 5.56 Å². The third-order valence-corrected chi connectivity index (χ3v) is 7.35. The van der Waals surface area contributed by atoms with Crippen LogP contribution in [0.2, 0.25) is 0 Å². The summed E-state index contributed by atoms with van der Waals surface area (Å²) in [6.45, 7) is 1.44. The quantitative estimate of drug-likeness (QED) is 0.602. The van der Waals surface area contributed by atoms with E-state index in [0.29, 0.717) is 21.6 Å². The number of para-hydroxylation sites is 2. The van der Waals surface area contributed by atoms with Crippen LogP contribution in [-0.4, -0.2) is 50.0 Å². The van der Waals surface area contributed by atoms with E-state index in [0.717, 1.165) is 11.3 Å². The average molecular weight is 461 g/mol. The molecular formula is C20H20N4O5S2. The number of rotatable bonds is 6. The summed E-state index contributed by atoms with van der Waals surface area (Å²) in [7, 11) is -1.98. The van der Waals surface area contributed by atoms with Gasteiger partial charge in [-0.05, 0) is 43.3 Å². The zero-order valence-electron chi connectivity index (χ0n) is 16.8. The summed E-state index contributed by atoms with van der Waals surface area (Å²) in [6, 6.07) is 14.1. The number of amides is 1. The number of nitrogens with one attached hydrogen (secondary N) is 1. The van der Waals surface area contributed by atoms with Crippen molar-refractivity contribution >= 4 is 38.1 Å². The molecule has 1 aliphatic rings. The van der Waals surface area contributed by atoms with Crippen LogP contribution in [-0.2, 0) is 14.8 Å². The SMILES string of the molecule is CCS(=O)(=O)N1C[C@@H](C(=O)Nc2nnc(-c3ccc(OC)cc3)s2)Oc2ccccc21. The van der Waals surface area contributed by atoms with Crippen LogP contribution in [0.3, 0.4) is 0 Å². The lowest BCUT2D eigenvalue weighted by Crippen LogP contribution is -2.49. The summed E-state index contributed by atoms with van der Waals surface area (Å²) in [6.07, 6.45) is -1.02. The molecule has 31 heavy (non-hydrogen) atoms. The molecule has 1 N–H and O–H groups in total. The second kappa shape index (κ2) is 8.52. The fourth-order valence-corrected chi connectivity index (χ4v) is 4.94. The number of carbonyl (C=O) groups is 1. The van der Waals surface area contributed by atoms with Crippen LogP contribution in [0.5, 0.6) is 11.5 Å². The molecular weight excluding hydrogens is 440 g/mol. The normalized spacial score (nSPS) is 15.7. The fraction of sp³-hybridized carbons (Fsp3) is 0.250. The maximum Gasteiger partial charge on any atom is 0.269 e. The van der Waals surface area contributed by atoms with Gasteiger partial charge in [0.1, 0.15) is 16.5 Å². The molecule has 0 saturated heterocycles. The topological polar surface area (TPSA) is 111 Å². The van der Waals surface area contributed by atoms with E-state index in [2.05, 4.69) is 15.5 Å².